The van der Waals surface area contributed by atoms with Crippen LogP contribution in [0.3, 0.4) is 0 Å². The molecule has 0 N–H and O–H groups in total. The molecular weight excluding hydrogens is 320 g/mol. The number of nitro groups is 1. The lowest BCUT2D eigenvalue weighted by atomic mass is 10.1. The van der Waals surface area contributed by atoms with Crippen LogP contribution in [0.15, 0.2) is 70.1 Å². The zero-order valence-electron chi connectivity index (χ0n) is 13.6. The summed E-state index contributed by atoms with van der Waals surface area (Å²) < 4.78 is 11.1. The third-order valence-corrected chi connectivity index (χ3v) is 3.48. The van der Waals surface area contributed by atoms with Crippen molar-refractivity contribution >= 4 is 17.6 Å². The molecule has 25 heavy (non-hydrogen) atoms. The predicted octanol–water partition coefficient (Wildman–Crippen LogP) is 5.00. The van der Waals surface area contributed by atoms with Gasteiger partial charge in [0, 0.05) is 17.7 Å². The van der Waals surface area contributed by atoms with Crippen LogP contribution in [0.2, 0.25) is 0 Å². The van der Waals surface area contributed by atoms with Gasteiger partial charge in [0.05, 0.1) is 23.4 Å². The SMILES string of the molecule is CCOc1ccc(N=Cc2ccc(-c3ccc([N+](=O)[O-])cc3)o2)cc1. The Bertz CT molecular complexity index is 881. The summed E-state index contributed by atoms with van der Waals surface area (Å²) in [5.41, 5.74) is 1.61. The van der Waals surface area contributed by atoms with Crippen LogP contribution in [0.1, 0.15) is 12.7 Å². The average molecular weight is 336 g/mol. The first kappa shape index (κ1) is 16.4. The minimum absolute atomic E-state index is 0.0487. The summed E-state index contributed by atoms with van der Waals surface area (Å²) in [6.45, 7) is 2.56. The smallest absolute Gasteiger partial charge is 0.269 e. The highest BCUT2D eigenvalue weighted by atomic mass is 16.6. The van der Waals surface area contributed by atoms with E-state index in [4.69, 9.17) is 9.15 Å². The van der Waals surface area contributed by atoms with E-state index >= 15 is 0 Å². The fourth-order valence-corrected chi connectivity index (χ4v) is 2.26. The molecule has 0 fully saturated rings. The molecule has 1 aromatic heterocycles. The van der Waals surface area contributed by atoms with Gasteiger partial charge in [-0.25, -0.2) is 0 Å². The second-order valence-corrected chi connectivity index (χ2v) is 5.19. The van der Waals surface area contributed by atoms with Crippen molar-refractivity contribution in [2.24, 2.45) is 4.99 Å². The van der Waals surface area contributed by atoms with Crippen LogP contribution in [0.25, 0.3) is 11.3 Å². The van der Waals surface area contributed by atoms with E-state index in [0.717, 1.165) is 17.0 Å². The molecule has 3 rings (SSSR count). The lowest BCUT2D eigenvalue weighted by Gasteiger charge is -2.01. The van der Waals surface area contributed by atoms with Gasteiger partial charge in [-0.2, -0.15) is 0 Å². The van der Waals surface area contributed by atoms with Crippen molar-refractivity contribution in [3.63, 3.8) is 0 Å². The maximum Gasteiger partial charge on any atom is 0.269 e. The largest absolute Gasteiger partial charge is 0.494 e. The van der Waals surface area contributed by atoms with E-state index in [1.807, 2.05) is 31.2 Å². The number of nitrogens with zero attached hydrogens (tertiary/aromatic N) is 2. The molecule has 0 saturated carbocycles. The topological polar surface area (TPSA) is 77.9 Å². The molecule has 0 aliphatic rings. The summed E-state index contributed by atoms with van der Waals surface area (Å²) in [5.74, 6) is 2.03. The number of furan rings is 1. The number of hydrogen-bond acceptors (Lipinski definition) is 5. The second kappa shape index (κ2) is 7.44. The lowest BCUT2D eigenvalue weighted by Crippen LogP contribution is -1.89. The predicted molar refractivity (Wildman–Crippen MR) is 95.7 cm³/mol. The van der Waals surface area contributed by atoms with Crippen LogP contribution in [-0.2, 0) is 0 Å². The first-order valence-corrected chi connectivity index (χ1v) is 7.77. The summed E-state index contributed by atoms with van der Waals surface area (Å²) in [7, 11) is 0. The maximum atomic E-state index is 10.7. The Hall–Kier alpha value is -3.41. The number of non-ortho nitro benzene ring substituents is 1. The fourth-order valence-electron chi connectivity index (χ4n) is 2.26. The summed E-state index contributed by atoms with van der Waals surface area (Å²) in [6.07, 6.45) is 1.63. The van der Waals surface area contributed by atoms with E-state index in [2.05, 4.69) is 4.99 Å². The van der Waals surface area contributed by atoms with E-state index in [1.165, 1.54) is 12.1 Å². The van der Waals surface area contributed by atoms with Crippen molar-refractivity contribution in [3.05, 3.63) is 76.5 Å². The number of benzene rings is 2. The van der Waals surface area contributed by atoms with Crippen LogP contribution in [-0.4, -0.2) is 17.7 Å². The first-order chi connectivity index (χ1) is 12.2. The van der Waals surface area contributed by atoms with Crippen molar-refractivity contribution in [3.8, 4) is 17.1 Å². The van der Waals surface area contributed by atoms with Crippen molar-refractivity contribution in [2.75, 3.05) is 6.61 Å². The van der Waals surface area contributed by atoms with Crippen molar-refractivity contribution in [1.29, 1.82) is 0 Å². The molecule has 3 aromatic rings. The molecule has 6 heteroatoms. The van der Waals surface area contributed by atoms with Gasteiger partial charge in [-0.05, 0) is 55.5 Å². The molecule has 0 amide bonds. The number of nitro benzene ring substituents is 1. The third-order valence-electron chi connectivity index (χ3n) is 3.48. The Morgan fingerprint density at radius 1 is 1.08 bits per heavy atom. The van der Waals surface area contributed by atoms with Gasteiger partial charge in [-0.15, -0.1) is 0 Å². The Kier molecular flexibility index (Phi) is 4.89. The fraction of sp³-hybridized carbons (Fsp3) is 0.105. The summed E-state index contributed by atoms with van der Waals surface area (Å²) >= 11 is 0. The molecule has 0 aliphatic heterocycles. The number of rotatable bonds is 6. The van der Waals surface area contributed by atoms with Crippen molar-refractivity contribution < 1.29 is 14.1 Å². The monoisotopic (exact) mass is 336 g/mol. The highest BCUT2D eigenvalue weighted by molar-refractivity contribution is 5.80. The Balaban J connectivity index is 1.71. The van der Waals surface area contributed by atoms with E-state index in [-0.39, 0.29) is 5.69 Å². The van der Waals surface area contributed by atoms with Gasteiger partial charge in [-0.3, -0.25) is 15.1 Å². The quantitative estimate of drug-likeness (QED) is 0.360. The standard InChI is InChI=1S/C19H16N2O4/c1-2-24-17-9-5-15(6-10-17)20-13-18-11-12-19(25-18)14-3-7-16(8-4-14)21(22)23/h3-13H,2H2,1H3. The zero-order chi connectivity index (χ0) is 17.6. The molecule has 0 radical (unpaired) electrons. The molecule has 0 saturated heterocycles. The van der Waals surface area contributed by atoms with E-state index in [0.29, 0.717) is 18.1 Å². The zero-order valence-corrected chi connectivity index (χ0v) is 13.6. The molecule has 0 spiro atoms. The van der Waals surface area contributed by atoms with E-state index in [1.54, 1.807) is 30.5 Å². The highest BCUT2D eigenvalue weighted by Crippen LogP contribution is 2.24. The van der Waals surface area contributed by atoms with Gasteiger partial charge in [0.1, 0.15) is 17.3 Å². The average Bonchev–Trinajstić information content (AvgIpc) is 3.10. The number of aliphatic imine (C=N–C) groups is 1. The summed E-state index contributed by atoms with van der Waals surface area (Å²) in [6, 6.07) is 17.3. The second-order valence-electron chi connectivity index (χ2n) is 5.19. The lowest BCUT2D eigenvalue weighted by molar-refractivity contribution is -0.384. The van der Waals surface area contributed by atoms with Gasteiger partial charge < -0.3 is 9.15 Å². The molecule has 2 aromatic carbocycles. The minimum atomic E-state index is -0.430. The van der Waals surface area contributed by atoms with Gasteiger partial charge in [0.15, 0.2) is 0 Å². The molecule has 0 aliphatic carbocycles. The first-order valence-electron chi connectivity index (χ1n) is 7.77. The van der Waals surface area contributed by atoms with Crippen LogP contribution in [0.4, 0.5) is 11.4 Å². The highest BCUT2D eigenvalue weighted by Gasteiger charge is 2.07. The third kappa shape index (κ3) is 4.11. The van der Waals surface area contributed by atoms with Gasteiger partial charge in [-0.1, -0.05) is 0 Å². The molecule has 1 heterocycles. The molecular formula is C19H16N2O4. The normalized spacial score (nSPS) is 10.9. The van der Waals surface area contributed by atoms with Crippen molar-refractivity contribution in [1.82, 2.24) is 0 Å². The molecule has 0 bridgehead atoms. The van der Waals surface area contributed by atoms with E-state index < -0.39 is 4.92 Å². The van der Waals surface area contributed by atoms with Gasteiger partial charge >= 0.3 is 0 Å². The number of ether oxygens (including phenoxy) is 1. The molecule has 0 atom stereocenters. The van der Waals surface area contributed by atoms with Gasteiger partial charge in [0.2, 0.25) is 0 Å². The van der Waals surface area contributed by atoms with Gasteiger partial charge in [0.25, 0.3) is 5.69 Å². The molecule has 126 valence electrons. The van der Waals surface area contributed by atoms with Crippen molar-refractivity contribution in [2.45, 2.75) is 6.92 Å². The summed E-state index contributed by atoms with van der Waals surface area (Å²) in [4.78, 5) is 14.6. The molecule has 0 unspecified atom stereocenters. The van der Waals surface area contributed by atoms with Crippen LogP contribution in [0.5, 0.6) is 5.75 Å². The Morgan fingerprint density at radius 3 is 2.44 bits per heavy atom. The van der Waals surface area contributed by atoms with Crippen LogP contribution >= 0.6 is 0 Å². The minimum Gasteiger partial charge on any atom is -0.494 e. The maximum absolute atomic E-state index is 10.7. The van der Waals surface area contributed by atoms with Crippen LogP contribution in [0, 0.1) is 10.1 Å². The Labute approximate surface area is 144 Å². The number of hydrogen-bond donors (Lipinski definition) is 0. The van der Waals surface area contributed by atoms with E-state index in [9.17, 15) is 10.1 Å². The molecule has 6 nitrogen and oxygen atoms in total. The van der Waals surface area contributed by atoms with Crippen LogP contribution < -0.4 is 4.74 Å². The summed E-state index contributed by atoms with van der Waals surface area (Å²) in [5, 5.41) is 10.7. The Morgan fingerprint density at radius 2 is 1.80 bits per heavy atom.